The first-order chi connectivity index (χ1) is 8.58. The molecule has 0 atom stereocenters. The van der Waals surface area contributed by atoms with Crippen molar-refractivity contribution in [1.82, 2.24) is 0 Å². The third-order valence-corrected chi connectivity index (χ3v) is 3.25. The molecule has 0 radical (unpaired) electrons. The molecule has 2 heteroatoms. The Morgan fingerprint density at radius 3 is 2.33 bits per heavy atom. The van der Waals surface area contributed by atoms with Crippen LogP contribution >= 0.6 is 0 Å². The molecule has 0 heterocycles. The highest BCUT2D eigenvalue weighted by molar-refractivity contribution is 5.70. The standard InChI is InChI=1S/C16H20N2/c1-12-7-9-14(10-8-12)11-18(3)15-6-4-5-13(2)16(15)17/h4-10H,11,17H2,1-3H3. The van der Waals surface area contributed by atoms with Crippen LogP contribution in [0.25, 0.3) is 0 Å². The van der Waals surface area contributed by atoms with E-state index in [0.717, 1.165) is 23.5 Å². The zero-order chi connectivity index (χ0) is 13.1. The number of hydrogen-bond acceptors (Lipinski definition) is 2. The first kappa shape index (κ1) is 12.5. The van der Waals surface area contributed by atoms with Gasteiger partial charge in [-0.1, -0.05) is 42.0 Å². The smallest absolute Gasteiger partial charge is 0.0603 e. The van der Waals surface area contributed by atoms with Crippen LogP contribution in [0.2, 0.25) is 0 Å². The predicted molar refractivity (Wildman–Crippen MR) is 78.9 cm³/mol. The van der Waals surface area contributed by atoms with Crippen LogP contribution in [-0.4, -0.2) is 7.05 Å². The van der Waals surface area contributed by atoms with Gasteiger partial charge in [0, 0.05) is 13.6 Å². The molecule has 2 rings (SSSR count). The van der Waals surface area contributed by atoms with Crippen molar-refractivity contribution in [3.8, 4) is 0 Å². The van der Waals surface area contributed by atoms with Gasteiger partial charge in [0.15, 0.2) is 0 Å². The van der Waals surface area contributed by atoms with E-state index in [2.05, 4.69) is 49.2 Å². The lowest BCUT2D eigenvalue weighted by atomic mass is 10.1. The minimum absolute atomic E-state index is 0.868. The summed E-state index contributed by atoms with van der Waals surface area (Å²) in [6.45, 7) is 5.01. The molecule has 94 valence electrons. The summed E-state index contributed by atoms with van der Waals surface area (Å²) in [4.78, 5) is 2.19. The molecule has 0 spiro atoms. The zero-order valence-corrected chi connectivity index (χ0v) is 11.3. The maximum Gasteiger partial charge on any atom is 0.0603 e. The average molecular weight is 240 g/mol. The lowest BCUT2D eigenvalue weighted by molar-refractivity contribution is 0.923. The zero-order valence-electron chi connectivity index (χ0n) is 11.3. The minimum Gasteiger partial charge on any atom is -0.397 e. The molecule has 0 amide bonds. The molecule has 0 fully saturated rings. The van der Waals surface area contributed by atoms with Crippen LogP contribution in [0, 0.1) is 13.8 Å². The van der Waals surface area contributed by atoms with Crippen molar-refractivity contribution in [2.75, 3.05) is 17.7 Å². The highest BCUT2D eigenvalue weighted by Crippen LogP contribution is 2.26. The highest BCUT2D eigenvalue weighted by Gasteiger charge is 2.07. The Balaban J connectivity index is 2.19. The second-order valence-corrected chi connectivity index (χ2v) is 4.85. The van der Waals surface area contributed by atoms with E-state index in [1.54, 1.807) is 0 Å². The number of nitrogens with two attached hydrogens (primary N) is 1. The fraction of sp³-hybridized carbons (Fsp3) is 0.250. The van der Waals surface area contributed by atoms with E-state index in [0.29, 0.717) is 0 Å². The Kier molecular flexibility index (Phi) is 3.56. The van der Waals surface area contributed by atoms with Gasteiger partial charge in [-0.3, -0.25) is 0 Å². The third kappa shape index (κ3) is 2.65. The van der Waals surface area contributed by atoms with Crippen molar-refractivity contribution in [2.45, 2.75) is 20.4 Å². The molecule has 0 saturated carbocycles. The molecule has 2 aromatic carbocycles. The number of benzene rings is 2. The molecular formula is C16H20N2. The minimum atomic E-state index is 0.868. The molecule has 0 unspecified atom stereocenters. The Morgan fingerprint density at radius 1 is 1.00 bits per heavy atom. The summed E-state index contributed by atoms with van der Waals surface area (Å²) >= 11 is 0. The van der Waals surface area contributed by atoms with Gasteiger partial charge >= 0.3 is 0 Å². The highest BCUT2D eigenvalue weighted by atomic mass is 15.1. The number of nitrogens with zero attached hydrogens (tertiary/aromatic N) is 1. The van der Waals surface area contributed by atoms with Crippen LogP contribution in [0.4, 0.5) is 11.4 Å². The van der Waals surface area contributed by atoms with Gasteiger partial charge in [0.25, 0.3) is 0 Å². The van der Waals surface area contributed by atoms with Gasteiger partial charge in [-0.2, -0.15) is 0 Å². The third-order valence-electron chi connectivity index (χ3n) is 3.25. The molecule has 2 nitrogen and oxygen atoms in total. The van der Waals surface area contributed by atoms with Crippen LogP contribution in [0.15, 0.2) is 42.5 Å². The van der Waals surface area contributed by atoms with Crippen molar-refractivity contribution in [2.24, 2.45) is 0 Å². The normalized spacial score (nSPS) is 10.4. The molecule has 18 heavy (non-hydrogen) atoms. The summed E-state index contributed by atoms with van der Waals surface area (Å²) in [5.41, 5.74) is 11.8. The fourth-order valence-corrected chi connectivity index (χ4v) is 2.05. The van der Waals surface area contributed by atoms with Crippen molar-refractivity contribution in [1.29, 1.82) is 0 Å². The number of nitrogen functional groups attached to an aromatic ring is 1. The summed E-state index contributed by atoms with van der Waals surface area (Å²) in [6.07, 6.45) is 0. The Morgan fingerprint density at radius 2 is 1.67 bits per heavy atom. The first-order valence-electron chi connectivity index (χ1n) is 6.19. The average Bonchev–Trinajstić information content (AvgIpc) is 2.35. The molecular weight excluding hydrogens is 220 g/mol. The number of anilines is 2. The quantitative estimate of drug-likeness (QED) is 0.832. The fourth-order valence-electron chi connectivity index (χ4n) is 2.05. The van der Waals surface area contributed by atoms with E-state index >= 15 is 0 Å². The summed E-state index contributed by atoms with van der Waals surface area (Å²) in [7, 11) is 2.07. The molecule has 2 N–H and O–H groups in total. The first-order valence-corrected chi connectivity index (χ1v) is 6.19. The number of aryl methyl sites for hydroxylation is 2. The lowest BCUT2D eigenvalue weighted by Crippen LogP contribution is -2.18. The van der Waals surface area contributed by atoms with E-state index in [1.165, 1.54) is 11.1 Å². The van der Waals surface area contributed by atoms with Crippen LogP contribution < -0.4 is 10.6 Å². The van der Waals surface area contributed by atoms with E-state index in [4.69, 9.17) is 5.73 Å². The van der Waals surface area contributed by atoms with Gasteiger partial charge in [-0.15, -0.1) is 0 Å². The van der Waals surface area contributed by atoms with Crippen LogP contribution in [0.1, 0.15) is 16.7 Å². The number of rotatable bonds is 3. The Labute approximate surface area is 109 Å². The summed E-state index contributed by atoms with van der Waals surface area (Å²) in [5, 5.41) is 0. The molecule has 0 aliphatic carbocycles. The molecule has 0 aromatic heterocycles. The summed E-state index contributed by atoms with van der Waals surface area (Å²) in [5.74, 6) is 0. The summed E-state index contributed by atoms with van der Waals surface area (Å²) in [6, 6.07) is 14.8. The van der Waals surface area contributed by atoms with Gasteiger partial charge in [-0.05, 0) is 31.0 Å². The molecule has 0 aliphatic rings. The van der Waals surface area contributed by atoms with Crippen molar-refractivity contribution in [3.63, 3.8) is 0 Å². The topological polar surface area (TPSA) is 29.3 Å². The van der Waals surface area contributed by atoms with Gasteiger partial charge in [0.05, 0.1) is 11.4 Å². The second kappa shape index (κ2) is 5.13. The van der Waals surface area contributed by atoms with E-state index in [1.807, 2.05) is 19.1 Å². The van der Waals surface area contributed by atoms with Crippen molar-refractivity contribution >= 4 is 11.4 Å². The molecule has 0 aliphatic heterocycles. The number of para-hydroxylation sites is 1. The monoisotopic (exact) mass is 240 g/mol. The second-order valence-electron chi connectivity index (χ2n) is 4.85. The molecule has 2 aromatic rings. The molecule has 0 bridgehead atoms. The van der Waals surface area contributed by atoms with E-state index in [-0.39, 0.29) is 0 Å². The van der Waals surface area contributed by atoms with Gasteiger partial charge < -0.3 is 10.6 Å². The maximum atomic E-state index is 6.12. The molecule has 0 saturated heterocycles. The maximum absolute atomic E-state index is 6.12. The predicted octanol–water partition coefficient (Wildman–Crippen LogP) is 3.52. The van der Waals surface area contributed by atoms with Gasteiger partial charge in [-0.25, -0.2) is 0 Å². The van der Waals surface area contributed by atoms with Crippen LogP contribution in [-0.2, 0) is 6.54 Å². The van der Waals surface area contributed by atoms with Crippen LogP contribution in [0.5, 0.6) is 0 Å². The van der Waals surface area contributed by atoms with E-state index < -0.39 is 0 Å². The Bertz CT molecular complexity index is 529. The van der Waals surface area contributed by atoms with E-state index in [9.17, 15) is 0 Å². The van der Waals surface area contributed by atoms with Gasteiger partial charge in [0.2, 0.25) is 0 Å². The lowest BCUT2D eigenvalue weighted by Gasteiger charge is -2.22. The largest absolute Gasteiger partial charge is 0.397 e. The van der Waals surface area contributed by atoms with Crippen LogP contribution in [0.3, 0.4) is 0 Å². The Hall–Kier alpha value is -1.96. The SMILES string of the molecule is Cc1ccc(CN(C)c2cccc(C)c2N)cc1. The number of hydrogen-bond donors (Lipinski definition) is 1. The van der Waals surface area contributed by atoms with Gasteiger partial charge in [0.1, 0.15) is 0 Å². The van der Waals surface area contributed by atoms with Crippen molar-refractivity contribution in [3.05, 3.63) is 59.2 Å². The van der Waals surface area contributed by atoms with Crippen molar-refractivity contribution < 1.29 is 0 Å². The summed E-state index contributed by atoms with van der Waals surface area (Å²) < 4.78 is 0.